The average Bonchev–Trinajstić information content (AvgIpc) is 2.57. The molecule has 0 spiro atoms. The van der Waals surface area contributed by atoms with Crippen LogP contribution >= 0.6 is 0 Å². The van der Waals surface area contributed by atoms with Gasteiger partial charge in [-0.15, -0.1) is 0 Å². The van der Waals surface area contributed by atoms with Gasteiger partial charge in [-0.2, -0.15) is 0 Å². The SMILES string of the molecule is CN(Cc1ccccc1F)C(=O)CCNS(=O)(=O)c1ccc(F)cc1. The summed E-state index contributed by atoms with van der Waals surface area (Å²) in [4.78, 5) is 13.3. The van der Waals surface area contributed by atoms with Crippen molar-refractivity contribution in [2.45, 2.75) is 17.9 Å². The predicted octanol–water partition coefficient (Wildman–Crippen LogP) is 2.29. The fourth-order valence-corrected chi connectivity index (χ4v) is 3.18. The molecular weight excluding hydrogens is 350 g/mol. The molecule has 0 aliphatic heterocycles. The number of nitrogens with zero attached hydrogens (tertiary/aromatic N) is 1. The van der Waals surface area contributed by atoms with E-state index in [-0.39, 0.29) is 30.3 Å². The fraction of sp³-hybridized carbons (Fsp3) is 0.235. The van der Waals surface area contributed by atoms with Gasteiger partial charge < -0.3 is 4.90 Å². The molecule has 1 N–H and O–H groups in total. The third-order valence-corrected chi connectivity index (χ3v) is 5.02. The Bertz CT molecular complexity index is 839. The zero-order valence-corrected chi connectivity index (χ0v) is 14.4. The van der Waals surface area contributed by atoms with Crippen molar-refractivity contribution in [2.24, 2.45) is 0 Å². The monoisotopic (exact) mass is 368 g/mol. The van der Waals surface area contributed by atoms with Crippen LogP contribution in [-0.2, 0) is 21.4 Å². The quantitative estimate of drug-likeness (QED) is 0.815. The van der Waals surface area contributed by atoms with Gasteiger partial charge in [0.05, 0.1) is 4.90 Å². The highest BCUT2D eigenvalue weighted by molar-refractivity contribution is 7.89. The van der Waals surface area contributed by atoms with Gasteiger partial charge in [-0.3, -0.25) is 4.79 Å². The smallest absolute Gasteiger partial charge is 0.240 e. The lowest BCUT2D eigenvalue weighted by molar-refractivity contribution is -0.130. The summed E-state index contributed by atoms with van der Waals surface area (Å²) in [5.41, 5.74) is 0.380. The van der Waals surface area contributed by atoms with Gasteiger partial charge >= 0.3 is 0 Å². The first-order valence-corrected chi connectivity index (χ1v) is 9.00. The average molecular weight is 368 g/mol. The van der Waals surface area contributed by atoms with Gasteiger partial charge in [0, 0.05) is 32.1 Å². The highest BCUT2D eigenvalue weighted by Crippen LogP contribution is 2.11. The van der Waals surface area contributed by atoms with E-state index in [1.807, 2.05) is 0 Å². The molecule has 0 unspecified atom stereocenters. The fourth-order valence-electron chi connectivity index (χ4n) is 2.15. The maximum absolute atomic E-state index is 13.6. The minimum Gasteiger partial charge on any atom is -0.341 e. The van der Waals surface area contributed by atoms with E-state index in [9.17, 15) is 22.0 Å². The van der Waals surface area contributed by atoms with Crippen LogP contribution < -0.4 is 4.72 Å². The first-order valence-electron chi connectivity index (χ1n) is 7.52. The third-order valence-electron chi connectivity index (χ3n) is 3.55. The van der Waals surface area contributed by atoms with Gasteiger partial charge in [0.1, 0.15) is 11.6 Å². The summed E-state index contributed by atoms with van der Waals surface area (Å²) in [6.07, 6.45) is -0.0780. The zero-order chi connectivity index (χ0) is 18.4. The highest BCUT2D eigenvalue weighted by atomic mass is 32.2. The van der Waals surface area contributed by atoms with Crippen molar-refractivity contribution < 1.29 is 22.0 Å². The standard InChI is InChI=1S/C17H18F2N2O3S/c1-21(12-13-4-2-3-5-16(13)19)17(22)10-11-20-25(23,24)15-8-6-14(18)7-9-15/h2-9,20H,10-12H2,1H3. The molecule has 0 aliphatic carbocycles. The lowest BCUT2D eigenvalue weighted by Crippen LogP contribution is -2.32. The first-order chi connectivity index (χ1) is 11.8. The molecule has 0 bridgehead atoms. The van der Waals surface area contributed by atoms with Crippen molar-refractivity contribution in [3.8, 4) is 0 Å². The molecule has 2 rings (SSSR count). The van der Waals surface area contributed by atoms with Crippen LogP contribution in [0.4, 0.5) is 8.78 Å². The third kappa shape index (κ3) is 5.33. The Morgan fingerprint density at radius 1 is 1.08 bits per heavy atom. The summed E-state index contributed by atoms with van der Waals surface area (Å²) in [5, 5.41) is 0. The Morgan fingerprint density at radius 3 is 2.36 bits per heavy atom. The minimum absolute atomic E-state index is 0.0780. The molecule has 0 aromatic heterocycles. The molecule has 0 saturated heterocycles. The number of halogens is 2. The lowest BCUT2D eigenvalue weighted by Gasteiger charge is -2.17. The molecule has 134 valence electrons. The normalized spacial score (nSPS) is 11.3. The molecule has 25 heavy (non-hydrogen) atoms. The Morgan fingerprint density at radius 2 is 1.72 bits per heavy atom. The van der Waals surface area contributed by atoms with Crippen LogP contribution in [0.2, 0.25) is 0 Å². The first kappa shape index (κ1) is 19.0. The van der Waals surface area contributed by atoms with Crippen molar-refractivity contribution in [2.75, 3.05) is 13.6 Å². The molecule has 2 aromatic carbocycles. The van der Waals surface area contributed by atoms with Crippen LogP contribution in [0, 0.1) is 11.6 Å². The number of hydrogen-bond donors (Lipinski definition) is 1. The molecule has 5 nitrogen and oxygen atoms in total. The molecule has 2 aromatic rings. The second-order valence-corrected chi connectivity index (χ2v) is 7.21. The number of benzene rings is 2. The number of nitrogens with one attached hydrogen (secondary N) is 1. The maximum Gasteiger partial charge on any atom is 0.240 e. The van der Waals surface area contributed by atoms with E-state index in [0.717, 1.165) is 24.3 Å². The molecular formula is C17H18F2N2O3S. The number of sulfonamides is 1. The van der Waals surface area contributed by atoms with Gasteiger partial charge in [0.15, 0.2) is 0 Å². The van der Waals surface area contributed by atoms with Crippen molar-refractivity contribution in [1.82, 2.24) is 9.62 Å². The Kier molecular flexibility index (Phi) is 6.22. The van der Waals surface area contributed by atoms with Gasteiger partial charge in [-0.1, -0.05) is 18.2 Å². The van der Waals surface area contributed by atoms with Gasteiger partial charge in [0.2, 0.25) is 15.9 Å². The van der Waals surface area contributed by atoms with Crippen LogP contribution in [0.5, 0.6) is 0 Å². The van der Waals surface area contributed by atoms with Gasteiger partial charge in [0.25, 0.3) is 0 Å². The summed E-state index contributed by atoms with van der Waals surface area (Å²) in [7, 11) is -2.29. The summed E-state index contributed by atoms with van der Waals surface area (Å²) in [6.45, 7) is -0.0175. The Hall–Kier alpha value is -2.32. The molecule has 8 heteroatoms. The van der Waals surface area contributed by atoms with Crippen molar-refractivity contribution in [3.05, 3.63) is 65.7 Å². The van der Waals surface area contributed by atoms with Crippen LogP contribution in [-0.4, -0.2) is 32.8 Å². The Labute approximate surface area is 145 Å². The van der Waals surface area contributed by atoms with E-state index in [2.05, 4.69) is 4.72 Å². The van der Waals surface area contributed by atoms with Crippen LogP contribution in [0.1, 0.15) is 12.0 Å². The maximum atomic E-state index is 13.6. The minimum atomic E-state index is -3.81. The predicted molar refractivity (Wildman–Crippen MR) is 89.1 cm³/mol. The van der Waals surface area contributed by atoms with Crippen molar-refractivity contribution in [3.63, 3.8) is 0 Å². The zero-order valence-electron chi connectivity index (χ0n) is 13.6. The number of amides is 1. The van der Waals surface area contributed by atoms with Gasteiger partial charge in [-0.25, -0.2) is 21.9 Å². The molecule has 0 atom stereocenters. The Balaban J connectivity index is 1.87. The van der Waals surface area contributed by atoms with E-state index in [1.54, 1.807) is 18.2 Å². The summed E-state index contributed by atoms with van der Waals surface area (Å²) < 4.78 is 52.7. The number of carbonyl (C=O) groups excluding carboxylic acids is 1. The van der Waals surface area contributed by atoms with E-state index < -0.39 is 21.7 Å². The summed E-state index contributed by atoms with van der Waals surface area (Å²) in [5.74, 6) is -1.27. The number of carbonyl (C=O) groups is 1. The molecule has 0 fully saturated rings. The highest BCUT2D eigenvalue weighted by Gasteiger charge is 2.16. The lowest BCUT2D eigenvalue weighted by atomic mass is 10.2. The molecule has 1 amide bonds. The topological polar surface area (TPSA) is 66.5 Å². The van der Waals surface area contributed by atoms with Gasteiger partial charge in [-0.05, 0) is 30.3 Å². The second-order valence-electron chi connectivity index (χ2n) is 5.44. The molecule has 0 radical (unpaired) electrons. The van der Waals surface area contributed by atoms with E-state index in [1.165, 1.54) is 18.0 Å². The molecule has 0 saturated carbocycles. The van der Waals surface area contributed by atoms with E-state index in [0.29, 0.717) is 5.56 Å². The summed E-state index contributed by atoms with van der Waals surface area (Å²) in [6, 6.07) is 10.5. The van der Waals surface area contributed by atoms with Crippen LogP contribution in [0.3, 0.4) is 0 Å². The molecule has 0 aliphatic rings. The molecule has 0 heterocycles. The van der Waals surface area contributed by atoms with Crippen molar-refractivity contribution >= 4 is 15.9 Å². The van der Waals surface area contributed by atoms with E-state index >= 15 is 0 Å². The number of hydrogen-bond acceptors (Lipinski definition) is 3. The summed E-state index contributed by atoms with van der Waals surface area (Å²) >= 11 is 0. The van der Waals surface area contributed by atoms with E-state index in [4.69, 9.17) is 0 Å². The van der Waals surface area contributed by atoms with Crippen LogP contribution in [0.15, 0.2) is 53.4 Å². The largest absolute Gasteiger partial charge is 0.341 e. The van der Waals surface area contributed by atoms with Crippen molar-refractivity contribution in [1.29, 1.82) is 0 Å². The van der Waals surface area contributed by atoms with Crippen LogP contribution in [0.25, 0.3) is 0 Å². The second kappa shape index (κ2) is 8.17. The number of rotatable bonds is 7.